The minimum atomic E-state index is -0.825. The van der Waals surface area contributed by atoms with Gasteiger partial charge in [0.25, 0.3) is 5.91 Å². The van der Waals surface area contributed by atoms with E-state index in [1.807, 2.05) is 6.92 Å². The van der Waals surface area contributed by atoms with E-state index in [0.29, 0.717) is 44.0 Å². The largest absolute Gasteiger partial charge is 0.388 e. The van der Waals surface area contributed by atoms with Gasteiger partial charge in [0.1, 0.15) is 11.8 Å². The molecule has 0 bridgehead atoms. The van der Waals surface area contributed by atoms with E-state index >= 15 is 0 Å². The van der Waals surface area contributed by atoms with Crippen molar-refractivity contribution in [3.8, 4) is 0 Å². The fourth-order valence-corrected chi connectivity index (χ4v) is 4.38. The van der Waals surface area contributed by atoms with Crippen LogP contribution in [0.25, 0.3) is 0 Å². The number of aromatic amines is 1. The third-order valence-corrected chi connectivity index (χ3v) is 6.46. The lowest BCUT2D eigenvalue weighted by atomic mass is 9.73. The van der Waals surface area contributed by atoms with Gasteiger partial charge >= 0.3 is 0 Å². The van der Waals surface area contributed by atoms with Crippen molar-refractivity contribution in [2.24, 2.45) is 5.92 Å². The number of nitrogens with one attached hydrogen (secondary N) is 2. The molecule has 0 radical (unpaired) electrons. The number of aliphatic hydroxyl groups excluding tert-OH is 1. The Morgan fingerprint density at radius 1 is 1.37 bits per heavy atom. The van der Waals surface area contributed by atoms with Crippen molar-refractivity contribution in [3.05, 3.63) is 16.9 Å². The topological polar surface area (TPSA) is 108 Å². The van der Waals surface area contributed by atoms with Crippen molar-refractivity contribution in [1.82, 2.24) is 20.4 Å². The Balaban J connectivity index is 1.44. The summed E-state index contributed by atoms with van der Waals surface area (Å²) in [5, 5.41) is 20.9. The summed E-state index contributed by atoms with van der Waals surface area (Å²) >= 11 is 5.99. The lowest BCUT2D eigenvalue weighted by molar-refractivity contribution is -0.205. The summed E-state index contributed by atoms with van der Waals surface area (Å²) in [4.78, 5) is 26.6. The number of nitrogens with zero attached hydrogens (tertiary/aromatic N) is 2. The van der Waals surface area contributed by atoms with Crippen LogP contribution >= 0.6 is 11.6 Å². The van der Waals surface area contributed by atoms with Gasteiger partial charge in [0.05, 0.1) is 22.4 Å². The Kier molecular flexibility index (Phi) is 4.68. The zero-order valence-electron chi connectivity index (χ0n) is 15.3. The van der Waals surface area contributed by atoms with Gasteiger partial charge in [0.15, 0.2) is 0 Å². The maximum Gasteiger partial charge on any atom is 0.273 e. The van der Waals surface area contributed by atoms with E-state index in [9.17, 15) is 14.7 Å². The fraction of sp³-hybridized carbons (Fsp3) is 0.722. The number of likely N-dealkylation sites (tertiary alicyclic amines) is 1. The van der Waals surface area contributed by atoms with Crippen LogP contribution in [0.15, 0.2) is 6.20 Å². The second kappa shape index (κ2) is 6.76. The number of aromatic nitrogens is 2. The standard InChI is InChI=1S/C18H25ClN4O4/c1-17(21-14(24)11-2-3-11)6-9-27-18(16(17)26)4-7-23(8-5-18)15(25)13-12(19)10-20-22-13/h10-11,16,26H,2-9H2,1H3,(H,20,22)(H,21,24)/t16-,17+/m1/s1. The molecular weight excluding hydrogens is 372 g/mol. The number of hydrogen-bond donors (Lipinski definition) is 3. The third-order valence-electron chi connectivity index (χ3n) is 6.17. The number of halogens is 1. The quantitative estimate of drug-likeness (QED) is 0.709. The minimum Gasteiger partial charge on any atom is -0.388 e. The summed E-state index contributed by atoms with van der Waals surface area (Å²) in [6.45, 7) is 3.25. The molecule has 9 heteroatoms. The molecule has 2 amide bonds. The zero-order valence-corrected chi connectivity index (χ0v) is 16.1. The Morgan fingerprint density at radius 3 is 2.67 bits per heavy atom. The molecule has 8 nitrogen and oxygen atoms in total. The number of carbonyl (C=O) groups excluding carboxylic acids is 2. The van der Waals surface area contributed by atoms with E-state index < -0.39 is 17.2 Å². The number of ether oxygens (including phenoxy) is 1. The molecule has 27 heavy (non-hydrogen) atoms. The monoisotopic (exact) mass is 396 g/mol. The number of H-pyrrole nitrogens is 1. The molecule has 1 saturated carbocycles. The smallest absolute Gasteiger partial charge is 0.273 e. The normalized spacial score (nSPS) is 30.3. The van der Waals surface area contributed by atoms with Gasteiger partial charge in [-0.15, -0.1) is 0 Å². The Labute approximate surface area is 162 Å². The van der Waals surface area contributed by atoms with Gasteiger partial charge in [0.2, 0.25) is 5.91 Å². The molecular formula is C18H25ClN4O4. The summed E-state index contributed by atoms with van der Waals surface area (Å²) in [7, 11) is 0. The maximum atomic E-state index is 12.6. The lowest BCUT2D eigenvalue weighted by Crippen LogP contribution is -2.69. The van der Waals surface area contributed by atoms with E-state index in [4.69, 9.17) is 16.3 Å². The summed E-state index contributed by atoms with van der Waals surface area (Å²) in [5.41, 5.74) is -1.19. The first-order valence-corrected chi connectivity index (χ1v) is 9.85. The van der Waals surface area contributed by atoms with Crippen LogP contribution in [0, 0.1) is 5.92 Å². The van der Waals surface area contributed by atoms with E-state index in [-0.39, 0.29) is 23.4 Å². The Morgan fingerprint density at radius 2 is 2.07 bits per heavy atom. The molecule has 3 heterocycles. The second-order valence-corrected chi connectivity index (χ2v) is 8.54. The zero-order chi connectivity index (χ0) is 19.2. The molecule has 4 rings (SSSR count). The molecule has 2 atom stereocenters. The van der Waals surface area contributed by atoms with Crippen LogP contribution in [0.1, 0.15) is 49.5 Å². The first-order valence-electron chi connectivity index (χ1n) is 9.47. The average Bonchev–Trinajstić information content (AvgIpc) is 3.42. The predicted molar refractivity (Wildman–Crippen MR) is 97.3 cm³/mol. The van der Waals surface area contributed by atoms with Crippen molar-refractivity contribution >= 4 is 23.4 Å². The van der Waals surface area contributed by atoms with E-state index in [1.54, 1.807) is 4.90 Å². The number of piperidine rings is 1. The van der Waals surface area contributed by atoms with Crippen molar-refractivity contribution in [3.63, 3.8) is 0 Å². The highest BCUT2D eigenvalue weighted by Crippen LogP contribution is 2.41. The van der Waals surface area contributed by atoms with Gasteiger partial charge < -0.3 is 20.1 Å². The number of rotatable bonds is 3. The molecule has 3 fully saturated rings. The second-order valence-electron chi connectivity index (χ2n) is 8.13. The van der Waals surface area contributed by atoms with Crippen molar-refractivity contribution in [2.75, 3.05) is 19.7 Å². The highest BCUT2D eigenvalue weighted by Gasteiger charge is 2.54. The van der Waals surface area contributed by atoms with Crippen molar-refractivity contribution < 1.29 is 19.4 Å². The number of aliphatic hydroxyl groups is 1. The van der Waals surface area contributed by atoms with Gasteiger partial charge in [-0.2, -0.15) is 5.10 Å². The number of carbonyl (C=O) groups is 2. The van der Waals surface area contributed by atoms with Crippen LogP contribution in [0.3, 0.4) is 0 Å². The number of hydrogen-bond acceptors (Lipinski definition) is 5. The third kappa shape index (κ3) is 3.34. The van der Waals surface area contributed by atoms with Gasteiger partial charge in [-0.25, -0.2) is 0 Å². The Bertz CT molecular complexity index is 741. The van der Waals surface area contributed by atoms with Crippen LogP contribution in [0.2, 0.25) is 5.02 Å². The van der Waals surface area contributed by atoms with Crippen LogP contribution in [-0.2, 0) is 9.53 Å². The van der Waals surface area contributed by atoms with E-state index in [2.05, 4.69) is 15.5 Å². The molecule has 148 valence electrons. The van der Waals surface area contributed by atoms with Gasteiger partial charge in [-0.1, -0.05) is 11.6 Å². The molecule has 3 N–H and O–H groups in total. The molecule has 1 aliphatic carbocycles. The first kappa shape index (κ1) is 18.7. The van der Waals surface area contributed by atoms with Crippen LogP contribution in [-0.4, -0.2) is 69.0 Å². The minimum absolute atomic E-state index is 0.0232. The SMILES string of the molecule is C[C@]1(NC(=O)C2CC2)CCOC2(CCN(C(=O)c3[nH]ncc3Cl)CC2)[C@@H]1O. The van der Waals surface area contributed by atoms with Crippen LogP contribution < -0.4 is 5.32 Å². The van der Waals surface area contributed by atoms with Crippen LogP contribution in [0.4, 0.5) is 0 Å². The lowest BCUT2D eigenvalue weighted by Gasteiger charge is -2.53. The molecule has 3 aliphatic rings. The number of amides is 2. The molecule has 0 aromatic carbocycles. The highest BCUT2D eigenvalue weighted by atomic mass is 35.5. The van der Waals surface area contributed by atoms with Gasteiger partial charge in [0, 0.05) is 25.6 Å². The molecule has 2 aliphatic heterocycles. The first-order chi connectivity index (χ1) is 12.8. The van der Waals surface area contributed by atoms with E-state index in [1.165, 1.54) is 6.20 Å². The van der Waals surface area contributed by atoms with Crippen molar-refractivity contribution in [2.45, 2.75) is 56.3 Å². The summed E-state index contributed by atoms with van der Waals surface area (Å²) in [6.07, 6.45) is 4.00. The van der Waals surface area contributed by atoms with E-state index in [0.717, 1.165) is 12.8 Å². The average molecular weight is 397 g/mol. The van der Waals surface area contributed by atoms with Gasteiger partial charge in [-0.3, -0.25) is 14.7 Å². The molecule has 2 saturated heterocycles. The fourth-order valence-electron chi connectivity index (χ4n) is 4.21. The summed E-state index contributed by atoms with van der Waals surface area (Å²) in [6, 6.07) is 0. The summed E-state index contributed by atoms with van der Waals surface area (Å²) in [5.74, 6) is -0.0935. The molecule has 1 aromatic rings. The maximum absolute atomic E-state index is 12.6. The highest BCUT2D eigenvalue weighted by molar-refractivity contribution is 6.33. The molecule has 1 aromatic heterocycles. The Hall–Kier alpha value is -1.64. The van der Waals surface area contributed by atoms with Gasteiger partial charge in [-0.05, 0) is 39.0 Å². The molecule has 1 spiro atoms. The molecule has 0 unspecified atom stereocenters. The summed E-state index contributed by atoms with van der Waals surface area (Å²) < 4.78 is 6.03. The van der Waals surface area contributed by atoms with Crippen LogP contribution in [0.5, 0.6) is 0 Å². The predicted octanol–water partition coefficient (Wildman–Crippen LogP) is 1.10. The van der Waals surface area contributed by atoms with Crippen molar-refractivity contribution in [1.29, 1.82) is 0 Å².